The molecule has 0 spiro atoms. The van der Waals surface area contributed by atoms with E-state index in [0.29, 0.717) is 18.8 Å². The summed E-state index contributed by atoms with van der Waals surface area (Å²) >= 11 is 0. The van der Waals surface area contributed by atoms with Crippen LogP contribution < -0.4 is 10.6 Å². The third-order valence-electron chi connectivity index (χ3n) is 7.01. The summed E-state index contributed by atoms with van der Waals surface area (Å²) in [6.45, 7) is 12.6. The van der Waals surface area contributed by atoms with Crippen LogP contribution in [0.5, 0.6) is 0 Å². The minimum atomic E-state index is -0.351. The van der Waals surface area contributed by atoms with Gasteiger partial charge >= 0.3 is 0 Å². The Bertz CT molecular complexity index is 1030. The minimum Gasteiger partial charge on any atom is -0.358 e. The maximum Gasteiger partial charge on any atom is 0.256 e. The van der Waals surface area contributed by atoms with E-state index in [4.69, 9.17) is 0 Å². The molecule has 1 fully saturated rings. The molecule has 33 heavy (non-hydrogen) atoms. The predicted molar refractivity (Wildman–Crippen MR) is 127 cm³/mol. The highest BCUT2D eigenvalue weighted by atomic mass is 19.1. The molecule has 2 atom stereocenters. The van der Waals surface area contributed by atoms with Gasteiger partial charge in [0.1, 0.15) is 5.83 Å². The Kier molecular flexibility index (Phi) is 6.86. The number of halogens is 1. The van der Waals surface area contributed by atoms with Gasteiger partial charge in [-0.2, -0.15) is 0 Å². The number of fused-ring (bicyclic) bond motifs is 2. The number of likely N-dealkylation sites (N-methyl/N-ethyl adjacent to an activating group) is 1. The van der Waals surface area contributed by atoms with Crippen molar-refractivity contribution in [2.75, 3.05) is 39.3 Å². The van der Waals surface area contributed by atoms with Gasteiger partial charge in [0, 0.05) is 62.5 Å². The lowest BCUT2D eigenvalue weighted by molar-refractivity contribution is -0.118. The summed E-state index contributed by atoms with van der Waals surface area (Å²) in [5.74, 6) is -0.663. The smallest absolute Gasteiger partial charge is 0.256 e. The molecule has 1 aromatic heterocycles. The first-order valence-corrected chi connectivity index (χ1v) is 11.9. The van der Waals surface area contributed by atoms with E-state index in [1.807, 2.05) is 17.9 Å². The van der Waals surface area contributed by atoms with E-state index in [9.17, 15) is 14.0 Å². The zero-order chi connectivity index (χ0) is 23.7. The molecular weight excluding hydrogens is 421 g/mol. The van der Waals surface area contributed by atoms with Crippen molar-refractivity contribution >= 4 is 17.9 Å². The average Bonchev–Trinajstić information content (AvgIpc) is 3.31. The van der Waals surface area contributed by atoms with Gasteiger partial charge in [0.05, 0.1) is 11.6 Å². The molecule has 3 aliphatic rings. The molecule has 0 saturated carbocycles. The first-order chi connectivity index (χ1) is 15.8. The molecule has 178 valence electrons. The first kappa shape index (κ1) is 23.4. The van der Waals surface area contributed by atoms with Gasteiger partial charge in [-0.05, 0) is 49.4 Å². The molecule has 1 saturated heterocycles. The summed E-state index contributed by atoms with van der Waals surface area (Å²) < 4.78 is 14.3. The van der Waals surface area contributed by atoms with Crippen molar-refractivity contribution < 1.29 is 14.0 Å². The Morgan fingerprint density at radius 2 is 2.12 bits per heavy atom. The van der Waals surface area contributed by atoms with Crippen LogP contribution in [0, 0.1) is 12.8 Å². The highest BCUT2D eigenvalue weighted by molar-refractivity contribution is 5.99. The Morgan fingerprint density at radius 3 is 2.82 bits per heavy atom. The molecule has 8 heteroatoms. The van der Waals surface area contributed by atoms with Crippen LogP contribution in [0.3, 0.4) is 0 Å². The van der Waals surface area contributed by atoms with Crippen LogP contribution in [0.4, 0.5) is 4.39 Å². The SMILES string of the molecule is CCN(CC)CCN1CCc2[nH]c(C=C3CNC4C(NC(C)=O)=CC(F)=CC34)c(C)c2C1=O. The number of amides is 2. The van der Waals surface area contributed by atoms with Gasteiger partial charge in [0.25, 0.3) is 5.91 Å². The number of allylic oxidation sites excluding steroid dienone is 2. The van der Waals surface area contributed by atoms with E-state index >= 15 is 0 Å². The fraction of sp³-hybridized carbons (Fsp3) is 0.520. The number of nitrogens with zero attached hydrogens (tertiary/aromatic N) is 2. The summed E-state index contributed by atoms with van der Waals surface area (Å²) in [5, 5.41) is 6.13. The van der Waals surface area contributed by atoms with Crippen molar-refractivity contribution in [2.45, 2.75) is 40.2 Å². The molecular formula is C25H34FN5O2. The number of carbonyl (C=O) groups is 2. The lowest BCUT2D eigenvalue weighted by atomic mass is 9.88. The number of nitrogens with one attached hydrogen (secondary N) is 3. The quantitative estimate of drug-likeness (QED) is 0.590. The lowest BCUT2D eigenvalue weighted by Crippen LogP contribution is -2.42. The topological polar surface area (TPSA) is 80.5 Å². The van der Waals surface area contributed by atoms with Gasteiger partial charge in [-0.15, -0.1) is 0 Å². The molecule has 1 aromatic rings. The Labute approximate surface area is 194 Å². The number of hydrogen-bond donors (Lipinski definition) is 3. The van der Waals surface area contributed by atoms with E-state index in [1.165, 1.54) is 13.0 Å². The van der Waals surface area contributed by atoms with Crippen LogP contribution in [-0.4, -0.2) is 71.9 Å². The van der Waals surface area contributed by atoms with Gasteiger partial charge < -0.3 is 25.4 Å². The van der Waals surface area contributed by atoms with E-state index in [0.717, 1.165) is 60.7 Å². The van der Waals surface area contributed by atoms with Crippen LogP contribution in [0.2, 0.25) is 0 Å². The highest BCUT2D eigenvalue weighted by Gasteiger charge is 2.36. The van der Waals surface area contributed by atoms with E-state index in [-0.39, 0.29) is 29.6 Å². The number of carbonyl (C=O) groups excluding carboxylic acids is 2. The summed E-state index contributed by atoms with van der Waals surface area (Å²) in [7, 11) is 0. The maximum atomic E-state index is 14.3. The Hall–Kier alpha value is -2.71. The molecule has 1 aliphatic carbocycles. The van der Waals surface area contributed by atoms with E-state index in [1.54, 1.807) is 6.08 Å². The number of aromatic amines is 1. The molecule has 3 N–H and O–H groups in total. The maximum absolute atomic E-state index is 14.3. The standard InChI is InChI=1S/C25H34FN5O2/c1-5-30(6-2)9-10-31-8-7-20-23(25(31)33)15(3)21(29-20)11-17-14-27-24-19(17)12-18(26)13-22(24)28-16(4)32/h11-13,19,24,27,29H,5-10,14H2,1-4H3,(H,28,32). The largest absolute Gasteiger partial charge is 0.358 e. The molecule has 3 heterocycles. The van der Waals surface area contributed by atoms with Crippen molar-refractivity contribution in [3.63, 3.8) is 0 Å². The van der Waals surface area contributed by atoms with Crippen LogP contribution in [0.25, 0.3) is 6.08 Å². The lowest BCUT2D eigenvalue weighted by Gasteiger charge is -2.29. The first-order valence-electron chi connectivity index (χ1n) is 11.9. The number of H-pyrrole nitrogens is 1. The second kappa shape index (κ2) is 9.65. The van der Waals surface area contributed by atoms with Crippen molar-refractivity contribution in [1.82, 2.24) is 25.4 Å². The van der Waals surface area contributed by atoms with Gasteiger partial charge in [0.15, 0.2) is 0 Å². The van der Waals surface area contributed by atoms with Gasteiger partial charge in [0.2, 0.25) is 5.91 Å². The number of hydrogen-bond acceptors (Lipinski definition) is 4. The molecule has 0 radical (unpaired) electrons. The molecule has 2 aliphatic heterocycles. The second-order valence-electron chi connectivity index (χ2n) is 9.02. The summed E-state index contributed by atoms with van der Waals surface area (Å²) in [4.78, 5) is 32.5. The fourth-order valence-corrected chi connectivity index (χ4v) is 5.12. The monoisotopic (exact) mass is 455 g/mol. The fourth-order valence-electron chi connectivity index (χ4n) is 5.12. The normalized spacial score (nSPS) is 23.5. The zero-order valence-electron chi connectivity index (χ0n) is 19.9. The van der Waals surface area contributed by atoms with Gasteiger partial charge in [-0.1, -0.05) is 13.8 Å². The predicted octanol–water partition coefficient (Wildman–Crippen LogP) is 2.52. The van der Waals surface area contributed by atoms with Gasteiger partial charge in [-0.25, -0.2) is 4.39 Å². The Morgan fingerprint density at radius 1 is 1.36 bits per heavy atom. The second-order valence-corrected chi connectivity index (χ2v) is 9.02. The molecule has 2 amide bonds. The van der Waals surface area contributed by atoms with Crippen molar-refractivity contribution in [3.05, 3.63) is 51.8 Å². The van der Waals surface area contributed by atoms with Crippen molar-refractivity contribution in [2.24, 2.45) is 5.92 Å². The zero-order valence-corrected chi connectivity index (χ0v) is 19.9. The van der Waals surface area contributed by atoms with Crippen LogP contribution >= 0.6 is 0 Å². The van der Waals surface area contributed by atoms with Crippen LogP contribution in [-0.2, 0) is 11.2 Å². The minimum absolute atomic E-state index is 0.0868. The third kappa shape index (κ3) is 4.68. The summed E-state index contributed by atoms with van der Waals surface area (Å²) in [6.07, 6.45) is 5.82. The average molecular weight is 456 g/mol. The van der Waals surface area contributed by atoms with Crippen LogP contribution in [0.15, 0.2) is 29.2 Å². The number of rotatable bonds is 7. The molecule has 2 unspecified atom stereocenters. The molecule has 7 nitrogen and oxygen atoms in total. The van der Waals surface area contributed by atoms with E-state index in [2.05, 4.69) is 34.4 Å². The molecule has 0 aromatic carbocycles. The van der Waals surface area contributed by atoms with Crippen molar-refractivity contribution in [1.29, 1.82) is 0 Å². The summed E-state index contributed by atoms with van der Waals surface area (Å²) in [6, 6.07) is -0.165. The summed E-state index contributed by atoms with van der Waals surface area (Å²) in [5.41, 5.74) is 5.18. The highest BCUT2D eigenvalue weighted by Crippen LogP contribution is 2.35. The van der Waals surface area contributed by atoms with Gasteiger partial charge in [-0.3, -0.25) is 9.59 Å². The third-order valence-corrected chi connectivity index (χ3v) is 7.01. The molecule has 0 bridgehead atoms. The van der Waals surface area contributed by atoms with E-state index < -0.39 is 0 Å². The van der Waals surface area contributed by atoms with Crippen LogP contribution in [0.1, 0.15) is 48.1 Å². The Balaban J connectivity index is 1.55. The number of aromatic nitrogens is 1. The molecule has 4 rings (SSSR count). The van der Waals surface area contributed by atoms with Crippen molar-refractivity contribution in [3.8, 4) is 0 Å².